The van der Waals surface area contributed by atoms with Gasteiger partial charge in [0, 0.05) is 6.54 Å². The van der Waals surface area contributed by atoms with Crippen LogP contribution >= 0.6 is 0 Å². The molecule has 22 heavy (non-hydrogen) atoms. The normalized spacial score (nSPS) is 12.6. The Kier molecular flexibility index (Phi) is 6.37. The number of nitrogens with zero attached hydrogens (tertiary/aromatic N) is 1. The van der Waals surface area contributed by atoms with E-state index in [-0.39, 0.29) is 0 Å². The summed E-state index contributed by atoms with van der Waals surface area (Å²) in [4.78, 5) is 23.7. The van der Waals surface area contributed by atoms with Crippen molar-refractivity contribution >= 4 is 12.1 Å². The van der Waals surface area contributed by atoms with Crippen molar-refractivity contribution in [3.05, 3.63) is 35.9 Å². The molecule has 0 fully saturated rings. The minimum atomic E-state index is -0.641. The van der Waals surface area contributed by atoms with Gasteiger partial charge in [-0.15, -0.1) is 0 Å². The number of hydrogen-bond acceptors (Lipinski definition) is 5. The van der Waals surface area contributed by atoms with Crippen molar-refractivity contribution in [2.24, 2.45) is 0 Å². The van der Waals surface area contributed by atoms with Crippen molar-refractivity contribution in [3.8, 4) is 0 Å². The molecule has 0 aliphatic rings. The molecule has 122 valence electrons. The van der Waals surface area contributed by atoms with Crippen LogP contribution in [0.3, 0.4) is 0 Å². The molecule has 0 bridgehead atoms. The van der Waals surface area contributed by atoms with Crippen molar-refractivity contribution in [1.29, 1.82) is 0 Å². The number of amides is 1. The van der Waals surface area contributed by atoms with Gasteiger partial charge < -0.3 is 9.47 Å². The van der Waals surface area contributed by atoms with Crippen LogP contribution in [0.2, 0.25) is 0 Å². The molecule has 1 amide bonds. The third-order valence-electron chi connectivity index (χ3n) is 2.84. The van der Waals surface area contributed by atoms with Crippen LogP contribution < -0.4 is 5.43 Å². The van der Waals surface area contributed by atoms with Crippen LogP contribution in [0.1, 0.15) is 33.3 Å². The highest BCUT2D eigenvalue weighted by Gasteiger charge is 2.26. The quantitative estimate of drug-likeness (QED) is 0.668. The van der Waals surface area contributed by atoms with Gasteiger partial charge in [-0.2, -0.15) is 0 Å². The monoisotopic (exact) mass is 308 g/mol. The van der Waals surface area contributed by atoms with Gasteiger partial charge in [0.25, 0.3) is 0 Å². The average molecular weight is 308 g/mol. The molecule has 0 heterocycles. The molecule has 0 aromatic heterocycles. The van der Waals surface area contributed by atoms with Crippen LogP contribution in [-0.4, -0.2) is 35.8 Å². The van der Waals surface area contributed by atoms with Crippen molar-refractivity contribution in [2.45, 2.75) is 45.9 Å². The standard InChI is InChI=1S/C16H24N2O4/c1-12(14(19)21-5)18(11-13-9-7-6-8-10-13)17-15(20)22-16(2,3)4/h6-10,12H,11H2,1-5H3,(H,17,20)/t12-/m1/s1. The van der Waals surface area contributed by atoms with Gasteiger partial charge in [0.1, 0.15) is 11.6 Å². The van der Waals surface area contributed by atoms with Crippen LogP contribution in [0.4, 0.5) is 4.79 Å². The molecule has 0 saturated carbocycles. The Balaban J connectivity index is 2.82. The summed E-state index contributed by atoms with van der Waals surface area (Å²) in [5.74, 6) is -0.438. The van der Waals surface area contributed by atoms with Crippen LogP contribution in [0.15, 0.2) is 30.3 Å². The van der Waals surface area contributed by atoms with Crippen molar-refractivity contribution < 1.29 is 19.1 Å². The van der Waals surface area contributed by atoms with E-state index in [0.29, 0.717) is 6.54 Å². The number of hydrogen-bond donors (Lipinski definition) is 1. The lowest BCUT2D eigenvalue weighted by molar-refractivity contribution is -0.147. The van der Waals surface area contributed by atoms with E-state index in [9.17, 15) is 9.59 Å². The molecular formula is C16H24N2O4. The minimum Gasteiger partial charge on any atom is -0.468 e. The third kappa shape index (κ3) is 6.13. The Morgan fingerprint density at radius 2 is 1.82 bits per heavy atom. The number of carbonyl (C=O) groups is 2. The number of nitrogens with one attached hydrogen (secondary N) is 1. The van der Waals surface area contributed by atoms with Gasteiger partial charge in [-0.3, -0.25) is 10.2 Å². The van der Waals surface area contributed by atoms with E-state index in [1.54, 1.807) is 27.7 Å². The Morgan fingerprint density at radius 1 is 1.23 bits per heavy atom. The molecule has 6 heteroatoms. The second-order valence-corrected chi connectivity index (χ2v) is 5.93. The summed E-state index contributed by atoms with van der Waals surface area (Å²) in [7, 11) is 1.31. The molecule has 0 aliphatic carbocycles. The first-order chi connectivity index (χ1) is 10.2. The molecule has 0 unspecified atom stereocenters. The summed E-state index contributed by atoms with van der Waals surface area (Å²) in [6.07, 6.45) is -0.612. The van der Waals surface area contributed by atoms with Crippen molar-refractivity contribution in [2.75, 3.05) is 7.11 Å². The van der Waals surface area contributed by atoms with E-state index < -0.39 is 23.7 Å². The topological polar surface area (TPSA) is 67.9 Å². The third-order valence-corrected chi connectivity index (χ3v) is 2.84. The molecule has 1 aromatic carbocycles. The van der Waals surface area contributed by atoms with Gasteiger partial charge in [0.05, 0.1) is 7.11 Å². The molecule has 6 nitrogen and oxygen atoms in total. The smallest absolute Gasteiger partial charge is 0.422 e. The van der Waals surface area contributed by atoms with Crippen LogP contribution in [0.5, 0.6) is 0 Å². The van der Waals surface area contributed by atoms with Crippen LogP contribution in [0.25, 0.3) is 0 Å². The lowest BCUT2D eigenvalue weighted by atomic mass is 10.2. The van der Waals surface area contributed by atoms with Crippen molar-refractivity contribution in [1.82, 2.24) is 10.4 Å². The number of rotatable bonds is 5. The number of esters is 1. The maximum Gasteiger partial charge on any atom is 0.422 e. The maximum absolute atomic E-state index is 11.9. The Morgan fingerprint density at radius 3 is 2.32 bits per heavy atom. The molecule has 0 aliphatic heterocycles. The Bertz CT molecular complexity index is 497. The summed E-state index contributed by atoms with van der Waals surface area (Å²) in [5.41, 5.74) is 2.95. The summed E-state index contributed by atoms with van der Waals surface area (Å²) in [5, 5.41) is 1.50. The van der Waals surface area contributed by atoms with E-state index >= 15 is 0 Å². The van der Waals surface area contributed by atoms with Gasteiger partial charge in [0.2, 0.25) is 0 Å². The zero-order chi connectivity index (χ0) is 16.8. The average Bonchev–Trinajstić information content (AvgIpc) is 2.44. The molecule has 0 saturated heterocycles. The van der Waals surface area contributed by atoms with E-state index in [1.165, 1.54) is 12.1 Å². The number of methoxy groups -OCH3 is 1. The van der Waals surface area contributed by atoms with E-state index in [1.807, 2.05) is 30.3 Å². The number of ether oxygens (including phenoxy) is 2. The molecule has 0 spiro atoms. The fourth-order valence-corrected chi connectivity index (χ4v) is 1.77. The highest BCUT2D eigenvalue weighted by molar-refractivity contribution is 5.76. The second-order valence-electron chi connectivity index (χ2n) is 5.93. The van der Waals surface area contributed by atoms with Crippen molar-refractivity contribution in [3.63, 3.8) is 0 Å². The first kappa shape index (κ1) is 18.0. The number of benzene rings is 1. The van der Waals surface area contributed by atoms with Crippen LogP contribution in [-0.2, 0) is 20.8 Å². The SMILES string of the molecule is COC(=O)[C@@H](C)N(Cc1ccccc1)NC(=O)OC(C)(C)C. The molecule has 1 N–H and O–H groups in total. The first-order valence-corrected chi connectivity index (χ1v) is 7.11. The highest BCUT2D eigenvalue weighted by Crippen LogP contribution is 2.10. The van der Waals surface area contributed by atoms with Gasteiger partial charge in [0.15, 0.2) is 0 Å². The number of carbonyl (C=O) groups excluding carboxylic acids is 2. The lowest BCUT2D eigenvalue weighted by Gasteiger charge is -2.29. The first-order valence-electron chi connectivity index (χ1n) is 7.11. The fourth-order valence-electron chi connectivity index (χ4n) is 1.77. The van der Waals surface area contributed by atoms with Gasteiger partial charge in [-0.1, -0.05) is 30.3 Å². The van der Waals surface area contributed by atoms with Gasteiger partial charge in [-0.25, -0.2) is 9.80 Å². The lowest BCUT2D eigenvalue weighted by Crippen LogP contribution is -2.51. The van der Waals surface area contributed by atoms with Gasteiger partial charge in [-0.05, 0) is 33.3 Å². The fraction of sp³-hybridized carbons (Fsp3) is 0.500. The predicted molar refractivity (Wildman–Crippen MR) is 82.8 cm³/mol. The van der Waals surface area contributed by atoms with Crippen LogP contribution in [0, 0.1) is 0 Å². The van der Waals surface area contributed by atoms with E-state index in [4.69, 9.17) is 9.47 Å². The Hall–Kier alpha value is -2.08. The second kappa shape index (κ2) is 7.79. The van der Waals surface area contributed by atoms with E-state index in [0.717, 1.165) is 5.56 Å². The molecule has 1 rings (SSSR count). The molecule has 0 radical (unpaired) electrons. The van der Waals surface area contributed by atoms with Gasteiger partial charge >= 0.3 is 12.1 Å². The predicted octanol–water partition coefficient (Wildman–Crippen LogP) is 2.49. The highest BCUT2D eigenvalue weighted by atomic mass is 16.6. The summed E-state index contributed by atoms with van der Waals surface area (Å²) >= 11 is 0. The molecule has 1 atom stereocenters. The Labute approximate surface area is 131 Å². The largest absolute Gasteiger partial charge is 0.468 e. The maximum atomic E-state index is 11.9. The summed E-state index contributed by atoms with van der Waals surface area (Å²) in [6.45, 7) is 7.34. The molecule has 1 aromatic rings. The number of hydrazine groups is 1. The zero-order valence-electron chi connectivity index (χ0n) is 13.8. The molecular weight excluding hydrogens is 284 g/mol. The van der Waals surface area contributed by atoms with E-state index in [2.05, 4.69) is 5.43 Å². The summed E-state index contributed by atoms with van der Waals surface area (Å²) in [6, 6.07) is 8.87. The zero-order valence-corrected chi connectivity index (χ0v) is 13.8. The minimum absolute atomic E-state index is 0.357. The summed E-state index contributed by atoms with van der Waals surface area (Å²) < 4.78 is 9.97.